The first kappa shape index (κ1) is 18.4. The fourth-order valence-corrected chi connectivity index (χ4v) is 4.16. The summed E-state index contributed by atoms with van der Waals surface area (Å²) in [6.07, 6.45) is 3.63. The first-order chi connectivity index (χ1) is 14.6. The Balaban J connectivity index is 1.30. The lowest BCUT2D eigenvalue weighted by Crippen LogP contribution is -2.50. The Morgan fingerprint density at radius 1 is 0.833 bits per heavy atom. The predicted octanol–water partition coefficient (Wildman–Crippen LogP) is 3.32. The predicted molar refractivity (Wildman–Crippen MR) is 116 cm³/mol. The van der Waals surface area contributed by atoms with Crippen LogP contribution in [0.4, 0.5) is 0 Å². The smallest absolute Gasteiger partial charge is 0.272 e. The SMILES string of the molecule is Cn1cc(C(=O)N2CCN(C(=O)c3cc4ccccc4cn3)CC2)c2ccccc21. The Bertz CT molecular complexity index is 1270. The second-order valence-electron chi connectivity index (χ2n) is 7.67. The zero-order chi connectivity index (χ0) is 20.7. The van der Waals surface area contributed by atoms with Crippen LogP contribution in [-0.4, -0.2) is 57.3 Å². The minimum atomic E-state index is -0.0852. The summed E-state index contributed by atoms with van der Waals surface area (Å²) < 4.78 is 1.98. The highest BCUT2D eigenvalue weighted by atomic mass is 16.2. The summed E-state index contributed by atoms with van der Waals surface area (Å²) in [4.78, 5) is 34.0. The van der Waals surface area contributed by atoms with Crippen molar-refractivity contribution in [3.05, 3.63) is 78.2 Å². The Kier molecular flexibility index (Phi) is 4.47. The number of carbonyl (C=O) groups is 2. The second kappa shape index (κ2) is 7.30. The number of pyridine rings is 1. The minimum Gasteiger partial charge on any atom is -0.350 e. The normalized spacial score (nSPS) is 14.4. The third kappa shape index (κ3) is 3.10. The van der Waals surface area contributed by atoms with Crippen molar-refractivity contribution in [1.29, 1.82) is 0 Å². The number of para-hydroxylation sites is 1. The Morgan fingerprint density at radius 3 is 2.23 bits per heavy atom. The van der Waals surface area contributed by atoms with Crippen LogP contribution in [0.25, 0.3) is 21.7 Å². The van der Waals surface area contributed by atoms with Gasteiger partial charge >= 0.3 is 0 Å². The number of aryl methyl sites for hydroxylation is 1. The molecule has 1 fully saturated rings. The number of rotatable bonds is 2. The minimum absolute atomic E-state index is 0.0164. The van der Waals surface area contributed by atoms with Crippen molar-refractivity contribution in [1.82, 2.24) is 19.4 Å². The van der Waals surface area contributed by atoms with Gasteiger partial charge in [0.15, 0.2) is 0 Å². The molecule has 0 atom stereocenters. The van der Waals surface area contributed by atoms with Gasteiger partial charge in [-0.2, -0.15) is 0 Å². The number of fused-ring (bicyclic) bond motifs is 2. The molecule has 0 bridgehead atoms. The van der Waals surface area contributed by atoms with Crippen LogP contribution in [0.2, 0.25) is 0 Å². The number of benzene rings is 2. The number of carbonyl (C=O) groups excluding carboxylic acids is 2. The zero-order valence-corrected chi connectivity index (χ0v) is 16.8. The standard InChI is InChI=1S/C24H22N4O2/c1-26-16-20(19-8-4-5-9-22(19)26)23(29)27-10-12-28(13-11-27)24(30)21-14-17-6-2-3-7-18(17)15-25-21/h2-9,14-16H,10-13H2,1H3. The van der Waals surface area contributed by atoms with Crippen LogP contribution in [0.1, 0.15) is 20.8 Å². The highest BCUT2D eigenvalue weighted by Gasteiger charge is 2.27. The van der Waals surface area contributed by atoms with Crippen LogP contribution in [0.3, 0.4) is 0 Å². The van der Waals surface area contributed by atoms with Crippen LogP contribution in [0.5, 0.6) is 0 Å². The molecule has 0 spiro atoms. The van der Waals surface area contributed by atoms with Gasteiger partial charge in [-0.1, -0.05) is 42.5 Å². The maximum absolute atomic E-state index is 13.1. The van der Waals surface area contributed by atoms with E-state index >= 15 is 0 Å². The van der Waals surface area contributed by atoms with Crippen LogP contribution in [0, 0.1) is 0 Å². The van der Waals surface area contributed by atoms with Gasteiger partial charge in [-0.05, 0) is 17.5 Å². The fourth-order valence-electron chi connectivity index (χ4n) is 4.16. The van der Waals surface area contributed by atoms with Gasteiger partial charge in [0.1, 0.15) is 5.69 Å². The van der Waals surface area contributed by atoms with E-state index in [0.29, 0.717) is 37.4 Å². The van der Waals surface area contributed by atoms with Gasteiger partial charge in [-0.15, -0.1) is 0 Å². The summed E-state index contributed by atoms with van der Waals surface area (Å²) in [5.41, 5.74) is 2.20. The number of amides is 2. The van der Waals surface area contributed by atoms with Gasteiger partial charge in [0.2, 0.25) is 0 Å². The Labute approximate surface area is 174 Å². The van der Waals surface area contributed by atoms with Gasteiger partial charge < -0.3 is 14.4 Å². The quantitative estimate of drug-likeness (QED) is 0.520. The lowest BCUT2D eigenvalue weighted by Gasteiger charge is -2.34. The molecule has 4 aromatic rings. The molecule has 1 saturated heterocycles. The van der Waals surface area contributed by atoms with E-state index < -0.39 is 0 Å². The molecule has 150 valence electrons. The van der Waals surface area contributed by atoms with E-state index in [-0.39, 0.29) is 11.8 Å². The third-order valence-electron chi connectivity index (χ3n) is 5.83. The molecular weight excluding hydrogens is 376 g/mol. The van der Waals surface area contributed by atoms with Crippen LogP contribution in [-0.2, 0) is 7.05 Å². The largest absolute Gasteiger partial charge is 0.350 e. The van der Waals surface area contributed by atoms with E-state index in [0.717, 1.165) is 21.7 Å². The molecule has 1 aliphatic heterocycles. The maximum Gasteiger partial charge on any atom is 0.272 e. The topological polar surface area (TPSA) is 58.4 Å². The Morgan fingerprint density at radius 2 is 1.47 bits per heavy atom. The molecule has 2 aromatic carbocycles. The summed E-state index contributed by atoms with van der Waals surface area (Å²) >= 11 is 0. The van der Waals surface area contributed by atoms with Gasteiger partial charge in [0.25, 0.3) is 11.8 Å². The molecule has 0 saturated carbocycles. The molecule has 0 aliphatic carbocycles. The molecule has 2 amide bonds. The average Bonchev–Trinajstić information content (AvgIpc) is 3.14. The molecule has 2 aromatic heterocycles. The highest BCUT2D eigenvalue weighted by molar-refractivity contribution is 6.07. The van der Waals surface area contributed by atoms with E-state index in [9.17, 15) is 9.59 Å². The van der Waals surface area contributed by atoms with Crippen LogP contribution >= 0.6 is 0 Å². The molecule has 5 rings (SSSR count). The zero-order valence-electron chi connectivity index (χ0n) is 16.8. The van der Waals surface area contributed by atoms with E-state index in [4.69, 9.17) is 0 Å². The summed E-state index contributed by atoms with van der Waals surface area (Å²) in [6, 6.07) is 17.6. The maximum atomic E-state index is 13.1. The molecule has 6 heteroatoms. The van der Waals surface area contributed by atoms with E-state index in [1.54, 1.807) is 11.1 Å². The fraction of sp³-hybridized carbons (Fsp3) is 0.208. The van der Waals surface area contributed by atoms with Crippen molar-refractivity contribution < 1.29 is 9.59 Å². The van der Waals surface area contributed by atoms with Crippen molar-refractivity contribution in [2.45, 2.75) is 0 Å². The molecule has 3 heterocycles. The highest BCUT2D eigenvalue weighted by Crippen LogP contribution is 2.22. The molecule has 0 unspecified atom stereocenters. The van der Waals surface area contributed by atoms with Gasteiger partial charge in [0, 0.05) is 61.9 Å². The third-order valence-corrected chi connectivity index (χ3v) is 5.83. The number of piperazine rings is 1. The van der Waals surface area contributed by atoms with E-state index in [1.165, 1.54) is 0 Å². The molecular formula is C24H22N4O2. The first-order valence-corrected chi connectivity index (χ1v) is 10.1. The van der Waals surface area contributed by atoms with Gasteiger partial charge in [-0.3, -0.25) is 14.6 Å². The summed E-state index contributed by atoms with van der Waals surface area (Å²) in [5.74, 6) is -0.0688. The number of nitrogens with zero attached hydrogens (tertiary/aromatic N) is 4. The molecule has 0 N–H and O–H groups in total. The van der Waals surface area contributed by atoms with Gasteiger partial charge in [0.05, 0.1) is 5.56 Å². The van der Waals surface area contributed by atoms with Gasteiger partial charge in [-0.25, -0.2) is 0 Å². The molecule has 6 nitrogen and oxygen atoms in total. The van der Waals surface area contributed by atoms with E-state index in [1.807, 2.05) is 77.3 Å². The molecule has 0 radical (unpaired) electrons. The molecule has 1 aliphatic rings. The lowest BCUT2D eigenvalue weighted by atomic mass is 10.1. The number of hydrogen-bond acceptors (Lipinski definition) is 3. The number of hydrogen-bond donors (Lipinski definition) is 0. The van der Waals surface area contributed by atoms with Crippen molar-refractivity contribution >= 4 is 33.5 Å². The summed E-state index contributed by atoms with van der Waals surface area (Å²) in [5, 5.41) is 2.98. The first-order valence-electron chi connectivity index (χ1n) is 10.1. The lowest BCUT2D eigenvalue weighted by molar-refractivity contribution is 0.0533. The van der Waals surface area contributed by atoms with Crippen LogP contribution in [0.15, 0.2) is 67.0 Å². The average molecular weight is 398 g/mol. The Hall–Kier alpha value is -3.67. The van der Waals surface area contributed by atoms with Crippen molar-refractivity contribution in [3.8, 4) is 0 Å². The summed E-state index contributed by atoms with van der Waals surface area (Å²) in [6.45, 7) is 2.04. The monoisotopic (exact) mass is 398 g/mol. The number of aromatic nitrogens is 2. The van der Waals surface area contributed by atoms with Crippen LogP contribution < -0.4 is 0 Å². The summed E-state index contributed by atoms with van der Waals surface area (Å²) in [7, 11) is 1.95. The van der Waals surface area contributed by atoms with Crippen molar-refractivity contribution in [2.24, 2.45) is 7.05 Å². The van der Waals surface area contributed by atoms with Crippen molar-refractivity contribution in [2.75, 3.05) is 26.2 Å². The second-order valence-corrected chi connectivity index (χ2v) is 7.67. The van der Waals surface area contributed by atoms with E-state index in [2.05, 4.69) is 4.98 Å². The van der Waals surface area contributed by atoms with Crippen molar-refractivity contribution in [3.63, 3.8) is 0 Å². The molecule has 30 heavy (non-hydrogen) atoms.